The summed E-state index contributed by atoms with van der Waals surface area (Å²) in [6, 6.07) is 8.72. The summed E-state index contributed by atoms with van der Waals surface area (Å²) in [5.41, 5.74) is -0.416. The molecule has 0 aromatic heterocycles. The minimum Gasteiger partial charge on any atom is -0.352 e. The SMILES string of the molecule is C[C@@]1(c2ccccc2)NC(=O)N(CC(=O)NC2CCCCCC2)C1=O. The third kappa shape index (κ3) is 3.67. The van der Waals surface area contributed by atoms with Crippen LogP contribution in [0.25, 0.3) is 0 Å². The number of carbonyl (C=O) groups excluding carboxylic acids is 3. The molecule has 1 aromatic rings. The van der Waals surface area contributed by atoms with Crippen molar-refractivity contribution in [3.8, 4) is 0 Å². The van der Waals surface area contributed by atoms with Gasteiger partial charge in [-0.05, 0) is 25.3 Å². The van der Waals surface area contributed by atoms with Gasteiger partial charge in [-0.2, -0.15) is 0 Å². The molecule has 134 valence electrons. The predicted molar refractivity (Wildman–Crippen MR) is 93.7 cm³/mol. The quantitative estimate of drug-likeness (QED) is 0.650. The first-order chi connectivity index (χ1) is 12.0. The van der Waals surface area contributed by atoms with Crippen LogP contribution in [0, 0.1) is 0 Å². The van der Waals surface area contributed by atoms with Crippen LogP contribution >= 0.6 is 0 Å². The fourth-order valence-corrected chi connectivity index (χ4v) is 3.65. The predicted octanol–water partition coefficient (Wildman–Crippen LogP) is 2.29. The van der Waals surface area contributed by atoms with Crippen LogP contribution < -0.4 is 10.6 Å². The van der Waals surface area contributed by atoms with E-state index in [9.17, 15) is 14.4 Å². The molecule has 3 rings (SSSR count). The number of benzene rings is 1. The maximum absolute atomic E-state index is 12.8. The number of carbonyl (C=O) groups is 3. The Morgan fingerprint density at radius 2 is 1.80 bits per heavy atom. The molecule has 25 heavy (non-hydrogen) atoms. The lowest BCUT2D eigenvalue weighted by Gasteiger charge is -2.22. The lowest BCUT2D eigenvalue weighted by Crippen LogP contribution is -2.45. The maximum atomic E-state index is 12.8. The Morgan fingerprint density at radius 1 is 1.16 bits per heavy atom. The van der Waals surface area contributed by atoms with Crippen molar-refractivity contribution in [3.63, 3.8) is 0 Å². The van der Waals surface area contributed by atoms with E-state index in [0.717, 1.165) is 30.6 Å². The second-order valence-electron chi connectivity index (χ2n) is 7.07. The number of urea groups is 1. The number of hydrogen-bond acceptors (Lipinski definition) is 3. The van der Waals surface area contributed by atoms with Gasteiger partial charge in [0.05, 0.1) is 0 Å². The van der Waals surface area contributed by atoms with E-state index < -0.39 is 11.6 Å². The zero-order valence-electron chi connectivity index (χ0n) is 14.6. The molecule has 2 aliphatic rings. The Labute approximate surface area is 148 Å². The molecule has 1 saturated carbocycles. The first kappa shape index (κ1) is 17.5. The van der Waals surface area contributed by atoms with Gasteiger partial charge in [0.25, 0.3) is 5.91 Å². The third-order valence-electron chi connectivity index (χ3n) is 5.15. The van der Waals surface area contributed by atoms with Gasteiger partial charge in [0.15, 0.2) is 0 Å². The summed E-state index contributed by atoms with van der Waals surface area (Å²) in [5.74, 6) is -0.660. The standard InChI is InChI=1S/C19H25N3O3/c1-19(14-9-5-4-6-10-14)17(24)22(18(25)21-19)13-16(23)20-15-11-7-2-3-8-12-15/h4-6,9-10,15H,2-3,7-8,11-13H2,1H3,(H,20,23)(H,21,25)/t19-/m0/s1. The highest BCUT2D eigenvalue weighted by molar-refractivity contribution is 6.09. The molecule has 6 heteroatoms. The minimum atomic E-state index is -1.12. The highest BCUT2D eigenvalue weighted by Gasteiger charge is 2.49. The van der Waals surface area contributed by atoms with Crippen molar-refractivity contribution in [3.05, 3.63) is 35.9 Å². The fourth-order valence-electron chi connectivity index (χ4n) is 3.65. The average Bonchev–Trinajstić information content (AvgIpc) is 2.80. The largest absolute Gasteiger partial charge is 0.352 e. The summed E-state index contributed by atoms with van der Waals surface area (Å²) in [4.78, 5) is 38.4. The van der Waals surface area contributed by atoms with E-state index in [1.54, 1.807) is 19.1 Å². The first-order valence-electron chi connectivity index (χ1n) is 9.00. The van der Waals surface area contributed by atoms with Gasteiger partial charge in [0.2, 0.25) is 5.91 Å². The Morgan fingerprint density at radius 3 is 2.44 bits per heavy atom. The van der Waals surface area contributed by atoms with Crippen LogP contribution in [-0.4, -0.2) is 35.3 Å². The molecule has 4 amide bonds. The van der Waals surface area contributed by atoms with E-state index >= 15 is 0 Å². The minimum absolute atomic E-state index is 0.149. The molecule has 2 fully saturated rings. The van der Waals surface area contributed by atoms with Gasteiger partial charge in [-0.15, -0.1) is 0 Å². The van der Waals surface area contributed by atoms with Crippen molar-refractivity contribution in [2.24, 2.45) is 0 Å². The molecule has 1 aromatic carbocycles. The summed E-state index contributed by atoms with van der Waals surface area (Å²) < 4.78 is 0. The van der Waals surface area contributed by atoms with E-state index in [0.29, 0.717) is 5.56 Å². The van der Waals surface area contributed by atoms with Crippen LogP contribution in [-0.2, 0) is 15.1 Å². The normalized spacial score (nSPS) is 24.8. The lowest BCUT2D eigenvalue weighted by molar-refractivity contribution is -0.135. The monoisotopic (exact) mass is 343 g/mol. The van der Waals surface area contributed by atoms with Gasteiger partial charge in [-0.3, -0.25) is 14.5 Å². The molecule has 1 heterocycles. The zero-order valence-corrected chi connectivity index (χ0v) is 14.6. The highest BCUT2D eigenvalue weighted by Crippen LogP contribution is 2.28. The first-order valence-corrected chi connectivity index (χ1v) is 9.00. The van der Waals surface area contributed by atoms with Crippen molar-refractivity contribution in [1.29, 1.82) is 0 Å². The lowest BCUT2D eigenvalue weighted by atomic mass is 9.92. The molecule has 2 N–H and O–H groups in total. The van der Waals surface area contributed by atoms with Gasteiger partial charge in [-0.25, -0.2) is 4.79 Å². The van der Waals surface area contributed by atoms with Crippen LogP contribution in [0.4, 0.5) is 4.79 Å². The van der Waals surface area contributed by atoms with Crippen LogP contribution in [0.1, 0.15) is 51.0 Å². The average molecular weight is 343 g/mol. The Bertz CT molecular complexity index is 653. The number of hydrogen-bond donors (Lipinski definition) is 2. The molecular weight excluding hydrogens is 318 g/mol. The maximum Gasteiger partial charge on any atom is 0.325 e. The summed E-state index contributed by atoms with van der Waals surface area (Å²) in [6.07, 6.45) is 6.56. The Kier molecular flexibility index (Phi) is 5.06. The topological polar surface area (TPSA) is 78.5 Å². The molecule has 1 saturated heterocycles. The van der Waals surface area contributed by atoms with Gasteiger partial charge in [-0.1, -0.05) is 56.0 Å². The van der Waals surface area contributed by atoms with Crippen LogP contribution in [0.3, 0.4) is 0 Å². The third-order valence-corrected chi connectivity index (χ3v) is 5.15. The number of nitrogens with one attached hydrogen (secondary N) is 2. The van der Waals surface area contributed by atoms with E-state index in [-0.39, 0.29) is 24.4 Å². The number of nitrogens with zero attached hydrogens (tertiary/aromatic N) is 1. The summed E-state index contributed by atoms with van der Waals surface area (Å²) >= 11 is 0. The van der Waals surface area contributed by atoms with Crippen molar-refractivity contribution >= 4 is 17.8 Å². The Hall–Kier alpha value is -2.37. The Balaban J connectivity index is 1.65. The van der Waals surface area contributed by atoms with Crippen LogP contribution in [0.15, 0.2) is 30.3 Å². The molecule has 0 radical (unpaired) electrons. The highest BCUT2D eigenvalue weighted by atomic mass is 16.2. The van der Waals surface area contributed by atoms with Crippen molar-refractivity contribution in [2.75, 3.05) is 6.54 Å². The van der Waals surface area contributed by atoms with E-state index in [1.807, 2.05) is 18.2 Å². The smallest absolute Gasteiger partial charge is 0.325 e. The second kappa shape index (κ2) is 7.25. The summed E-state index contributed by atoms with van der Waals surface area (Å²) in [5, 5.41) is 5.70. The number of rotatable bonds is 4. The molecule has 6 nitrogen and oxygen atoms in total. The molecule has 1 atom stereocenters. The van der Waals surface area contributed by atoms with Crippen molar-refractivity contribution in [2.45, 2.75) is 57.0 Å². The van der Waals surface area contributed by atoms with E-state index in [1.165, 1.54) is 12.8 Å². The second-order valence-corrected chi connectivity index (χ2v) is 7.07. The number of imide groups is 1. The van der Waals surface area contributed by atoms with Gasteiger partial charge < -0.3 is 10.6 Å². The molecule has 1 aliphatic carbocycles. The number of amides is 4. The molecule has 1 aliphatic heterocycles. The van der Waals surface area contributed by atoms with Crippen LogP contribution in [0.2, 0.25) is 0 Å². The van der Waals surface area contributed by atoms with E-state index in [4.69, 9.17) is 0 Å². The zero-order chi connectivity index (χ0) is 17.9. The van der Waals surface area contributed by atoms with E-state index in [2.05, 4.69) is 10.6 Å². The van der Waals surface area contributed by atoms with Crippen LogP contribution in [0.5, 0.6) is 0 Å². The van der Waals surface area contributed by atoms with Crippen molar-refractivity contribution < 1.29 is 14.4 Å². The molecule has 0 unspecified atom stereocenters. The fraction of sp³-hybridized carbons (Fsp3) is 0.526. The van der Waals surface area contributed by atoms with Gasteiger partial charge in [0.1, 0.15) is 12.1 Å². The molecule has 0 bridgehead atoms. The van der Waals surface area contributed by atoms with Gasteiger partial charge in [0, 0.05) is 6.04 Å². The van der Waals surface area contributed by atoms with Crippen molar-refractivity contribution in [1.82, 2.24) is 15.5 Å². The van der Waals surface area contributed by atoms with Gasteiger partial charge >= 0.3 is 6.03 Å². The summed E-state index contributed by atoms with van der Waals surface area (Å²) in [7, 11) is 0. The summed E-state index contributed by atoms with van der Waals surface area (Å²) in [6.45, 7) is 1.44. The molecular formula is C19H25N3O3. The molecule has 0 spiro atoms.